The van der Waals surface area contributed by atoms with Gasteiger partial charge in [0.2, 0.25) is 5.91 Å². The first kappa shape index (κ1) is 30.5. The first-order valence-electron chi connectivity index (χ1n) is 15.0. The minimum atomic E-state index is -3.70. The second-order valence-electron chi connectivity index (χ2n) is 11.6. The summed E-state index contributed by atoms with van der Waals surface area (Å²) in [6.07, 6.45) is 7.62. The monoisotopic (exact) mass is 596 g/mol. The highest BCUT2D eigenvalue weighted by Gasteiger charge is 2.33. The molecule has 0 radical (unpaired) electrons. The average molecular weight is 597 g/mol. The molecule has 3 aliphatic rings. The first-order valence-corrected chi connectivity index (χ1v) is 16.4. The molecular formula is C32H44N4O5S. The number of fused-ring (bicyclic) bond motifs is 1. The second kappa shape index (κ2) is 13.6. The third-order valence-electron chi connectivity index (χ3n) is 8.91. The largest absolute Gasteiger partial charge is 0.497 e. The highest BCUT2D eigenvalue weighted by molar-refractivity contribution is 7.89. The normalized spacial score (nSPS) is 22.5. The Morgan fingerprint density at radius 3 is 2.57 bits per heavy atom. The van der Waals surface area contributed by atoms with Gasteiger partial charge in [0.05, 0.1) is 25.2 Å². The van der Waals surface area contributed by atoms with Gasteiger partial charge in [-0.05, 0) is 61.9 Å². The molecule has 0 spiro atoms. The molecule has 1 aliphatic carbocycles. The first-order chi connectivity index (χ1) is 20.3. The summed E-state index contributed by atoms with van der Waals surface area (Å²) < 4.78 is 38.7. The average Bonchev–Trinajstić information content (AvgIpc) is 3.00. The van der Waals surface area contributed by atoms with Crippen molar-refractivity contribution in [1.82, 2.24) is 19.0 Å². The number of aryl methyl sites for hydroxylation is 1. The summed E-state index contributed by atoms with van der Waals surface area (Å²) in [6, 6.07) is 14.8. The quantitative estimate of drug-likeness (QED) is 0.388. The van der Waals surface area contributed by atoms with Crippen LogP contribution in [-0.2, 0) is 26.1 Å². The number of hydrogen-bond acceptors (Lipinski definition) is 7. The Morgan fingerprint density at radius 2 is 1.83 bits per heavy atom. The molecule has 2 fully saturated rings. The smallest absolute Gasteiger partial charge is 0.264 e. The predicted molar refractivity (Wildman–Crippen MR) is 164 cm³/mol. The van der Waals surface area contributed by atoms with Crippen LogP contribution in [0.15, 0.2) is 53.6 Å². The molecule has 2 aliphatic heterocycles. The lowest BCUT2D eigenvalue weighted by atomic mass is 9.88. The molecule has 2 aromatic rings. The van der Waals surface area contributed by atoms with E-state index in [0.29, 0.717) is 22.9 Å². The van der Waals surface area contributed by atoms with E-state index in [2.05, 4.69) is 40.1 Å². The van der Waals surface area contributed by atoms with E-state index in [-0.39, 0.29) is 36.6 Å². The topological polar surface area (TPSA) is 82.6 Å². The molecule has 1 amide bonds. The standard InChI is InChI=1S/C32H44N4O5S/c1-25-20-30(40-3)21-27-12-13-36(42(38,39)32(25)27)18-19-41-24-31(37)33(2)28-10-7-11-29(22-28)35-16-14-34(15-17-35)23-26-8-5-4-6-9-26/h4-6,8-9,12-13,20-21,28-29H,7,10-11,14-19,22-24H2,1-3H3/t28-,29+/m1/s1. The third-order valence-corrected chi connectivity index (χ3v) is 10.9. The van der Waals surface area contributed by atoms with Crippen LogP contribution in [0.5, 0.6) is 5.75 Å². The van der Waals surface area contributed by atoms with Crippen LogP contribution in [0.3, 0.4) is 0 Å². The van der Waals surface area contributed by atoms with Gasteiger partial charge in [-0.3, -0.25) is 18.9 Å². The van der Waals surface area contributed by atoms with Crippen molar-refractivity contribution in [2.45, 2.75) is 56.1 Å². The molecule has 0 N–H and O–H groups in total. The maximum absolute atomic E-state index is 13.2. The number of methoxy groups -OCH3 is 1. The van der Waals surface area contributed by atoms with E-state index in [9.17, 15) is 13.2 Å². The zero-order chi connectivity index (χ0) is 29.7. The Bertz CT molecular complexity index is 1360. The summed E-state index contributed by atoms with van der Waals surface area (Å²) in [4.78, 5) is 20.3. The number of sulfonamides is 1. The van der Waals surface area contributed by atoms with Crippen LogP contribution in [0.4, 0.5) is 0 Å². The molecule has 2 heterocycles. The number of amides is 1. The Morgan fingerprint density at radius 1 is 1.07 bits per heavy atom. The molecule has 1 saturated carbocycles. The molecule has 9 nitrogen and oxygen atoms in total. The van der Waals surface area contributed by atoms with Gasteiger partial charge in [-0.2, -0.15) is 0 Å². The lowest BCUT2D eigenvalue weighted by molar-refractivity contribution is -0.138. The number of rotatable bonds is 10. The van der Waals surface area contributed by atoms with Crippen molar-refractivity contribution in [3.8, 4) is 5.75 Å². The molecule has 1 saturated heterocycles. The van der Waals surface area contributed by atoms with Crippen LogP contribution in [-0.4, -0.2) is 106 Å². The highest BCUT2D eigenvalue weighted by atomic mass is 32.2. The van der Waals surface area contributed by atoms with E-state index < -0.39 is 10.0 Å². The summed E-state index contributed by atoms with van der Waals surface area (Å²) in [7, 11) is -0.262. The van der Waals surface area contributed by atoms with Gasteiger partial charge in [-0.25, -0.2) is 8.42 Å². The fourth-order valence-corrected chi connectivity index (χ4v) is 8.15. The summed E-state index contributed by atoms with van der Waals surface area (Å²) in [5, 5.41) is 0. The van der Waals surface area contributed by atoms with Crippen LogP contribution in [0.2, 0.25) is 0 Å². The summed E-state index contributed by atoms with van der Waals surface area (Å²) in [5.41, 5.74) is 2.61. The molecule has 228 valence electrons. The maximum Gasteiger partial charge on any atom is 0.264 e. The number of carbonyl (C=O) groups excluding carboxylic acids is 1. The number of benzene rings is 2. The second-order valence-corrected chi connectivity index (χ2v) is 13.5. The van der Waals surface area contributed by atoms with Gasteiger partial charge >= 0.3 is 0 Å². The van der Waals surface area contributed by atoms with E-state index in [0.717, 1.165) is 52.0 Å². The van der Waals surface area contributed by atoms with E-state index >= 15 is 0 Å². The van der Waals surface area contributed by atoms with Crippen molar-refractivity contribution in [3.63, 3.8) is 0 Å². The minimum Gasteiger partial charge on any atom is -0.497 e. The van der Waals surface area contributed by atoms with Gasteiger partial charge in [0.1, 0.15) is 12.4 Å². The molecular weight excluding hydrogens is 552 g/mol. The Balaban J connectivity index is 1.06. The fourth-order valence-electron chi connectivity index (χ4n) is 6.49. The Kier molecular flexibility index (Phi) is 9.88. The number of ether oxygens (including phenoxy) is 2. The van der Waals surface area contributed by atoms with Crippen LogP contribution in [0.1, 0.15) is 42.4 Å². The zero-order valence-electron chi connectivity index (χ0n) is 25.1. The van der Waals surface area contributed by atoms with Crippen molar-refractivity contribution < 1.29 is 22.7 Å². The number of nitrogens with zero attached hydrogens (tertiary/aromatic N) is 4. The number of piperazine rings is 1. The van der Waals surface area contributed by atoms with E-state index in [1.54, 1.807) is 38.4 Å². The molecule has 2 aromatic carbocycles. The summed E-state index contributed by atoms with van der Waals surface area (Å²) in [5.74, 6) is 0.565. The highest BCUT2D eigenvalue weighted by Crippen LogP contribution is 2.33. The van der Waals surface area contributed by atoms with E-state index in [1.807, 2.05) is 11.9 Å². The van der Waals surface area contributed by atoms with Gasteiger partial charge in [0.25, 0.3) is 10.0 Å². The minimum absolute atomic E-state index is 0.0553. The van der Waals surface area contributed by atoms with Crippen LogP contribution < -0.4 is 4.74 Å². The summed E-state index contributed by atoms with van der Waals surface area (Å²) >= 11 is 0. The van der Waals surface area contributed by atoms with Gasteiger partial charge in [0.15, 0.2) is 0 Å². The van der Waals surface area contributed by atoms with Crippen molar-refractivity contribution >= 4 is 22.0 Å². The molecule has 10 heteroatoms. The van der Waals surface area contributed by atoms with Gasteiger partial charge in [0, 0.05) is 63.6 Å². The predicted octanol–water partition coefficient (Wildman–Crippen LogP) is 3.58. The third kappa shape index (κ3) is 6.99. The lowest BCUT2D eigenvalue weighted by Gasteiger charge is -2.44. The van der Waals surface area contributed by atoms with E-state index in [1.165, 1.54) is 16.3 Å². The van der Waals surface area contributed by atoms with E-state index in [4.69, 9.17) is 9.47 Å². The van der Waals surface area contributed by atoms with Gasteiger partial charge < -0.3 is 14.4 Å². The zero-order valence-corrected chi connectivity index (χ0v) is 25.9. The molecule has 5 rings (SSSR count). The Labute approximate surface area is 250 Å². The lowest BCUT2D eigenvalue weighted by Crippen LogP contribution is -2.53. The summed E-state index contributed by atoms with van der Waals surface area (Å²) in [6.45, 7) is 7.26. The molecule has 0 unspecified atom stereocenters. The fraction of sp³-hybridized carbons (Fsp3) is 0.531. The van der Waals surface area contributed by atoms with Gasteiger partial charge in [-0.15, -0.1) is 0 Å². The van der Waals surface area contributed by atoms with Crippen LogP contribution in [0, 0.1) is 6.92 Å². The van der Waals surface area contributed by atoms with Crippen molar-refractivity contribution in [2.24, 2.45) is 0 Å². The van der Waals surface area contributed by atoms with Gasteiger partial charge in [-0.1, -0.05) is 30.3 Å². The number of likely N-dealkylation sites (N-methyl/N-ethyl adjacent to an activating group) is 1. The maximum atomic E-state index is 13.2. The van der Waals surface area contributed by atoms with Crippen molar-refractivity contribution in [1.29, 1.82) is 0 Å². The molecule has 2 atom stereocenters. The van der Waals surface area contributed by atoms with Crippen LogP contribution in [0.25, 0.3) is 6.08 Å². The molecule has 0 bridgehead atoms. The molecule has 42 heavy (non-hydrogen) atoms. The number of carbonyl (C=O) groups is 1. The number of hydrogen-bond donors (Lipinski definition) is 0. The van der Waals surface area contributed by atoms with Crippen molar-refractivity contribution in [2.75, 3.05) is 60.1 Å². The Hall–Kier alpha value is -2.92. The van der Waals surface area contributed by atoms with Crippen molar-refractivity contribution in [3.05, 3.63) is 65.4 Å². The molecule has 0 aromatic heterocycles. The van der Waals surface area contributed by atoms with Crippen LogP contribution >= 0.6 is 0 Å². The SMILES string of the molecule is COc1cc(C)c2c(c1)C=CN(CCOCC(=O)N(C)[C@@H]1CCC[C@H](N3CCN(Cc4ccccc4)CC3)C1)S2(=O)=O.